The summed E-state index contributed by atoms with van der Waals surface area (Å²) in [6, 6.07) is 11.6. The van der Waals surface area contributed by atoms with Gasteiger partial charge in [0, 0.05) is 6.54 Å². The highest BCUT2D eigenvalue weighted by atomic mass is 19.4. The van der Waals surface area contributed by atoms with Crippen LogP contribution < -0.4 is 10.5 Å². The van der Waals surface area contributed by atoms with Gasteiger partial charge in [0.1, 0.15) is 5.75 Å². The predicted octanol–water partition coefficient (Wildman–Crippen LogP) is 4.02. The summed E-state index contributed by atoms with van der Waals surface area (Å²) in [6.07, 6.45) is -4.69. The fourth-order valence-electron chi connectivity index (χ4n) is 1.97. The summed E-state index contributed by atoms with van der Waals surface area (Å²) in [5.74, 6) is -0.229. The van der Waals surface area contributed by atoms with Gasteiger partial charge in [-0.05, 0) is 47.4 Å². The van der Waals surface area contributed by atoms with Crippen molar-refractivity contribution in [3.63, 3.8) is 0 Å². The maximum Gasteiger partial charge on any atom is 0.573 e. The van der Waals surface area contributed by atoms with Crippen LogP contribution in [0.3, 0.4) is 0 Å². The van der Waals surface area contributed by atoms with Crippen LogP contribution in [0.4, 0.5) is 13.2 Å². The lowest BCUT2D eigenvalue weighted by Crippen LogP contribution is -2.17. The molecule has 0 spiro atoms. The Hall–Kier alpha value is -2.01. The molecule has 0 aliphatic carbocycles. The van der Waals surface area contributed by atoms with E-state index in [0.717, 1.165) is 16.7 Å². The van der Waals surface area contributed by atoms with E-state index in [9.17, 15) is 13.2 Å². The first-order chi connectivity index (χ1) is 9.39. The lowest BCUT2D eigenvalue weighted by atomic mass is 9.98. The Balaban J connectivity index is 2.40. The monoisotopic (exact) mass is 281 g/mol. The number of rotatable bonds is 3. The van der Waals surface area contributed by atoms with Crippen LogP contribution in [0.15, 0.2) is 42.5 Å². The number of hydrogen-bond donors (Lipinski definition) is 1. The van der Waals surface area contributed by atoms with E-state index in [-0.39, 0.29) is 5.75 Å². The van der Waals surface area contributed by atoms with E-state index in [2.05, 4.69) is 4.74 Å². The topological polar surface area (TPSA) is 35.2 Å². The van der Waals surface area contributed by atoms with Crippen LogP contribution in [0.1, 0.15) is 11.1 Å². The molecule has 0 unspecified atom stereocenters. The van der Waals surface area contributed by atoms with Crippen LogP contribution in [-0.2, 0) is 6.54 Å². The van der Waals surface area contributed by atoms with Gasteiger partial charge in [-0.2, -0.15) is 0 Å². The van der Waals surface area contributed by atoms with Crippen molar-refractivity contribution in [2.24, 2.45) is 5.73 Å². The summed E-state index contributed by atoms with van der Waals surface area (Å²) in [7, 11) is 0. The van der Waals surface area contributed by atoms with Crippen molar-refractivity contribution in [3.8, 4) is 16.9 Å². The van der Waals surface area contributed by atoms with Gasteiger partial charge in [-0.25, -0.2) is 0 Å². The lowest BCUT2D eigenvalue weighted by Gasteiger charge is -2.12. The van der Waals surface area contributed by atoms with Crippen LogP contribution in [-0.4, -0.2) is 6.36 Å². The molecule has 2 aromatic rings. The second kappa shape index (κ2) is 5.54. The van der Waals surface area contributed by atoms with E-state index in [1.165, 1.54) is 18.2 Å². The summed E-state index contributed by atoms with van der Waals surface area (Å²) in [4.78, 5) is 0. The van der Waals surface area contributed by atoms with Crippen LogP contribution in [0, 0.1) is 6.92 Å². The zero-order chi connectivity index (χ0) is 14.8. The lowest BCUT2D eigenvalue weighted by molar-refractivity contribution is -0.274. The molecule has 0 heterocycles. The number of aryl methyl sites for hydroxylation is 1. The van der Waals surface area contributed by atoms with E-state index >= 15 is 0 Å². The average molecular weight is 281 g/mol. The molecular formula is C15H14F3NO. The van der Waals surface area contributed by atoms with E-state index in [1.807, 2.05) is 25.1 Å². The number of hydrogen-bond acceptors (Lipinski definition) is 2. The summed E-state index contributed by atoms with van der Waals surface area (Å²) in [6.45, 7) is 2.28. The smallest absolute Gasteiger partial charge is 0.406 e. The van der Waals surface area contributed by atoms with Gasteiger partial charge in [-0.15, -0.1) is 13.2 Å². The normalized spacial score (nSPS) is 11.4. The van der Waals surface area contributed by atoms with Gasteiger partial charge in [0.2, 0.25) is 0 Å². The van der Waals surface area contributed by atoms with Crippen molar-refractivity contribution in [3.05, 3.63) is 53.6 Å². The Morgan fingerprint density at radius 3 is 2.50 bits per heavy atom. The van der Waals surface area contributed by atoms with Gasteiger partial charge >= 0.3 is 6.36 Å². The Bertz CT molecular complexity index is 608. The van der Waals surface area contributed by atoms with Crippen molar-refractivity contribution < 1.29 is 17.9 Å². The minimum absolute atomic E-state index is 0.229. The molecule has 2 rings (SSSR count). The Kier molecular flexibility index (Phi) is 3.99. The molecule has 0 fully saturated rings. The third-order valence-electron chi connectivity index (χ3n) is 2.92. The molecule has 2 aromatic carbocycles. The van der Waals surface area contributed by atoms with Gasteiger partial charge in [0.15, 0.2) is 0 Å². The molecule has 0 aliphatic rings. The second-order valence-electron chi connectivity index (χ2n) is 4.43. The van der Waals surface area contributed by atoms with Crippen LogP contribution in [0.25, 0.3) is 11.1 Å². The van der Waals surface area contributed by atoms with Gasteiger partial charge < -0.3 is 10.5 Å². The van der Waals surface area contributed by atoms with E-state index in [0.29, 0.717) is 12.1 Å². The van der Waals surface area contributed by atoms with Gasteiger partial charge in [0.25, 0.3) is 0 Å². The van der Waals surface area contributed by atoms with Crippen LogP contribution >= 0.6 is 0 Å². The maximum absolute atomic E-state index is 12.2. The Labute approximate surface area is 115 Å². The SMILES string of the molecule is Cc1ccc(CN)cc1-c1cccc(OC(F)(F)F)c1. The third-order valence-corrected chi connectivity index (χ3v) is 2.92. The molecule has 2 nitrogen and oxygen atoms in total. The van der Waals surface area contributed by atoms with Crippen LogP contribution in [0.2, 0.25) is 0 Å². The minimum Gasteiger partial charge on any atom is -0.406 e. The van der Waals surface area contributed by atoms with E-state index in [4.69, 9.17) is 5.73 Å². The fraction of sp³-hybridized carbons (Fsp3) is 0.200. The van der Waals surface area contributed by atoms with Crippen LogP contribution in [0.5, 0.6) is 5.75 Å². The molecular weight excluding hydrogens is 267 g/mol. The number of halogens is 3. The highest BCUT2D eigenvalue weighted by Crippen LogP contribution is 2.30. The van der Waals surface area contributed by atoms with E-state index in [1.54, 1.807) is 6.07 Å². The quantitative estimate of drug-likeness (QED) is 0.922. The molecule has 0 atom stereocenters. The van der Waals surface area contributed by atoms with Gasteiger partial charge in [-0.3, -0.25) is 0 Å². The summed E-state index contributed by atoms with van der Waals surface area (Å²) < 4.78 is 40.6. The number of alkyl halides is 3. The molecule has 0 bridgehead atoms. The first kappa shape index (κ1) is 14.4. The number of ether oxygens (including phenoxy) is 1. The summed E-state index contributed by atoms with van der Waals surface area (Å²) in [5.41, 5.74) is 8.99. The molecule has 20 heavy (non-hydrogen) atoms. The van der Waals surface area contributed by atoms with Gasteiger partial charge in [-0.1, -0.05) is 24.3 Å². The third kappa shape index (κ3) is 3.51. The van der Waals surface area contributed by atoms with Crippen molar-refractivity contribution >= 4 is 0 Å². The highest BCUT2D eigenvalue weighted by Gasteiger charge is 2.31. The summed E-state index contributed by atoms with van der Waals surface area (Å²) >= 11 is 0. The fourth-order valence-corrected chi connectivity index (χ4v) is 1.97. The predicted molar refractivity (Wildman–Crippen MR) is 71.2 cm³/mol. The molecule has 5 heteroatoms. The highest BCUT2D eigenvalue weighted by molar-refractivity contribution is 5.69. The second-order valence-corrected chi connectivity index (χ2v) is 4.43. The molecule has 0 saturated carbocycles. The molecule has 0 saturated heterocycles. The maximum atomic E-state index is 12.2. The number of benzene rings is 2. The molecule has 106 valence electrons. The minimum atomic E-state index is -4.69. The summed E-state index contributed by atoms with van der Waals surface area (Å²) in [5, 5.41) is 0. The van der Waals surface area contributed by atoms with E-state index < -0.39 is 6.36 Å². The van der Waals surface area contributed by atoms with Crippen molar-refractivity contribution in [2.45, 2.75) is 19.8 Å². The average Bonchev–Trinajstić information content (AvgIpc) is 2.37. The van der Waals surface area contributed by atoms with Crippen molar-refractivity contribution in [1.29, 1.82) is 0 Å². The largest absolute Gasteiger partial charge is 0.573 e. The number of nitrogens with two attached hydrogens (primary N) is 1. The zero-order valence-electron chi connectivity index (χ0n) is 10.9. The standard InChI is InChI=1S/C15H14F3NO/c1-10-5-6-11(9-19)7-14(10)12-3-2-4-13(8-12)20-15(16,17)18/h2-8H,9,19H2,1H3. The zero-order valence-corrected chi connectivity index (χ0v) is 10.9. The molecule has 0 radical (unpaired) electrons. The van der Waals surface area contributed by atoms with Crippen molar-refractivity contribution in [2.75, 3.05) is 0 Å². The molecule has 2 N–H and O–H groups in total. The Morgan fingerprint density at radius 1 is 1.10 bits per heavy atom. The molecule has 0 amide bonds. The Morgan fingerprint density at radius 2 is 1.85 bits per heavy atom. The first-order valence-electron chi connectivity index (χ1n) is 6.05. The first-order valence-corrected chi connectivity index (χ1v) is 6.05. The van der Waals surface area contributed by atoms with Gasteiger partial charge in [0.05, 0.1) is 0 Å². The molecule has 0 aliphatic heterocycles. The van der Waals surface area contributed by atoms with Crippen molar-refractivity contribution in [1.82, 2.24) is 0 Å². The molecule has 0 aromatic heterocycles.